The topological polar surface area (TPSA) is 20.3 Å². The third kappa shape index (κ3) is 1.02. The Hall–Kier alpha value is -1.57. The lowest BCUT2D eigenvalue weighted by molar-refractivity contribution is 0.0855. The maximum Gasteiger partial charge on any atom is 0.258 e. The highest BCUT2D eigenvalue weighted by Crippen LogP contribution is 2.38. The number of rotatable bonds is 1. The van der Waals surface area contributed by atoms with Crippen molar-refractivity contribution in [3.05, 3.63) is 41.0 Å². The molecule has 3 rings (SSSR count). The highest BCUT2D eigenvalue weighted by molar-refractivity contribution is 6.10. The van der Waals surface area contributed by atoms with Gasteiger partial charge in [-0.2, -0.15) is 0 Å². The molecule has 1 aliphatic heterocycles. The molecular formula is C13H13NO. The smallest absolute Gasteiger partial charge is 0.258 e. The monoisotopic (exact) mass is 199 g/mol. The van der Waals surface area contributed by atoms with Crippen LogP contribution in [0.3, 0.4) is 0 Å². The van der Waals surface area contributed by atoms with E-state index in [2.05, 4.69) is 12.1 Å². The summed E-state index contributed by atoms with van der Waals surface area (Å²) in [5, 5.41) is 0. The highest BCUT2D eigenvalue weighted by atomic mass is 16.2. The molecule has 1 aliphatic carbocycles. The fourth-order valence-electron chi connectivity index (χ4n) is 2.57. The van der Waals surface area contributed by atoms with Crippen LogP contribution in [0.4, 0.5) is 0 Å². The molecule has 0 radical (unpaired) electrons. The van der Waals surface area contributed by atoms with Crippen LogP contribution < -0.4 is 0 Å². The Morgan fingerprint density at radius 1 is 1.40 bits per heavy atom. The van der Waals surface area contributed by atoms with Crippen LogP contribution in [-0.4, -0.2) is 17.4 Å². The number of carbonyl (C=O) groups is 1. The zero-order chi connectivity index (χ0) is 10.4. The number of allylic oxidation sites excluding steroid dienone is 1. The first-order valence-electron chi connectivity index (χ1n) is 5.47. The van der Waals surface area contributed by atoms with Crippen molar-refractivity contribution in [1.29, 1.82) is 0 Å². The number of hydrogen-bond donors (Lipinski definition) is 0. The molecule has 0 saturated carbocycles. The lowest BCUT2D eigenvalue weighted by Gasteiger charge is -2.19. The highest BCUT2D eigenvalue weighted by Gasteiger charge is 2.33. The maximum absolute atomic E-state index is 12.1. The molecule has 0 N–H and O–H groups in total. The van der Waals surface area contributed by atoms with E-state index in [0.717, 1.165) is 30.6 Å². The van der Waals surface area contributed by atoms with E-state index in [-0.39, 0.29) is 5.91 Å². The van der Waals surface area contributed by atoms with E-state index in [4.69, 9.17) is 0 Å². The quantitative estimate of drug-likeness (QED) is 0.680. The molecular weight excluding hydrogens is 186 g/mol. The van der Waals surface area contributed by atoms with E-state index in [0.29, 0.717) is 0 Å². The summed E-state index contributed by atoms with van der Waals surface area (Å²) in [6.07, 6.45) is 4.31. The SMILES string of the molecule is CCN1C(=O)c2cccc3c2C1=CCC3. The largest absolute Gasteiger partial charge is 0.308 e. The molecule has 2 heteroatoms. The molecule has 0 fully saturated rings. The normalized spacial score (nSPS) is 17.8. The van der Waals surface area contributed by atoms with Crippen molar-refractivity contribution in [1.82, 2.24) is 4.90 Å². The molecule has 15 heavy (non-hydrogen) atoms. The second kappa shape index (κ2) is 2.96. The average Bonchev–Trinajstić information content (AvgIpc) is 2.55. The first kappa shape index (κ1) is 8.72. The maximum atomic E-state index is 12.1. The summed E-state index contributed by atoms with van der Waals surface area (Å²) in [5.74, 6) is 0.169. The van der Waals surface area contributed by atoms with Gasteiger partial charge in [0.2, 0.25) is 0 Å². The predicted molar refractivity (Wildman–Crippen MR) is 59.5 cm³/mol. The molecule has 1 heterocycles. The molecule has 76 valence electrons. The van der Waals surface area contributed by atoms with Crippen molar-refractivity contribution in [3.63, 3.8) is 0 Å². The molecule has 0 unspecified atom stereocenters. The molecule has 0 atom stereocenters. The van der Waals surface area contributed by atoms with Crippen LogP contribution in [0.25, 0.3) is 5.70 Å². The van der Waals surface area contributed by atoms with E-state index in [1.807, 2.05) is 24.0 Å². The van der Waals surface area contributed by atoms with Crippen molar-refractivity contribution in [2.24, 2.45) is 0 Å². The van der Waals surface area contributed by atoms with Gasteiger partial charge in [-0.25, -0.2) is 0 Å². The Morgan fingerprint density at radius 3 is 3.07 bits per heavy atom. The number of amides is 1. The minimum atomic E-state index is 0.169. The van der Waals surface area contributed by atoms with Gasteiger partial charge in [-0.3, -0.25) is 4.79 Å². The molecule has 1 aromatic rings. The summed E-state index contributed by atoms with van der Waals surface area (Å²) < 4.78 is 0. The minimum absolute atomic E-state index is 0.169. The van der Waals surface area contributed by atoms with E-state index < -0.39 is 0 Å². The number of carbonyl (C=O) groups excluding carboxylic acids is 1. The number of benzene rings is 1. The molecule has 0 bridgehead atoms. The average molecular weight is 199 g/mol. The molecule has 0 saturated heterocycles. The fourth-order valence-corrected chi connectivity index (χ4v) is 2.57. The van der Waals surface area contributed by atoms with Gasteiger partial charge in [0.25, 0.3) is 5.91 Å². The Morgan fingerprint density at radius 2 is 2.27 bits per heavy atom. The molecule has 0 spiro atoms. The first-order valence-corrected chi connectivity index (χ1v) is 5.47. The van der Waals surface area contributed by atoms with Gasteiger partial charge >= 0.3 is 0 Å². The van der Waals surface area contributed by atoms with Crippen LogP contribution in [0.1, 0.15) is 34.8 Å². The first-order chi connectivity index (χ1) is 7.33. The lowest BCUT2D eigenvalue weighted by Crippen LogP contribution is -2.22. The number of hydrogen-bond acceptors (Lipinski definition) is 1. The van der Waals surface area contributed by atoms with Gasteiger partial charge in [-0.15, -0.1) is 0 Å². The van der Waals surface area contributed by atoms with Crippen LogP contribution >= 0.6 is 0 Å². The van der Waals surface area contributed by atoms with E-state index in [1.165, 1.54) is 11.1 Å². The second-order valence-corrected chi connectivity index (χ2v) is 4.02. The minimum Gasteiger partial charge on any atom is -0.308 e. The van der Waals surface area contributed by atoms with Crippen LogP contribution in [0.2, 0.25) is 0 Å². The molecule has 1 aromatic carbocycles. The summed E-state index contributed by atoms with van der Waals surface area (Å²) in [5.41, 5.74) is 4.55. The van der Waals surface area contributed by atoms with Crippen molar-refractivity contribution in [2.45, 2.75) is 19.8 Å². The summed E-state index contributed by atoms with van der Waals surface area (Å²) >= 11 is 0. The van der Waals surface area contributed by atoms with Gasteiger partial charge in [0.15, 0.2) is 0 Å². The van der Waals surface area contributed by atoms with Gasteiger partial charge in [-0.1, -0.05) is 18.2 Å². The summed E-state index contributed by atoms with van der Waals surface area (Å²) in [7, 11) is 0. The second-order valence-electron chi connectivity index (χ2n) is 4.02. The summed E-state index contributed by atoms with van der Waals surface area (Å²) in [6.45, 7) is 2.79. The lowest BCUT2D eigenvalue weighted by atomic mass is 9.93. The third-order valence-electron chi connectivity index (χ3n) is 3.24. The molecule has 1 amide bonds. The van der Waals surface area contributed by atoms with Crippen LogP contribution in [0.15, 0.2) is 24.3 Å². The fraction of sp³-hybridized carbons (Fsp3) is 0.308. The number of nitrogens with zero attached hydrogens (tertiary/aromatic N) is 1. The molecule has 2 nitrogen and oxygen atoms in total. The summed E-state index contributed by atoms with van der Waals surface area (Å²) in [6, 6.07) is 6.07. The zero-order valence-electron chi connectivity index (χ0n) is 8.79. The Balaban J connectivity index is 2.29. The van der Waals surface area contributed by atoms with Crippen LogP contribution in [-0.2, 0) is 6.42 Å². The van der Waals surface area contributed by atoms with E-state index in [1.54, 1.807) is 0 Å². The van der Waals surface area contributed by atoms with Crippen molar-refractivity contribution < 1.29 is 4.79 Å². The zero-order valence-corrected chi connectivity index (χ0v) is 8.79. The van der Waals surface area contributed by atoms with Gasteiger partial charge in [0.05, 0.1) is 0 Å². The van der Waals surface area contributed by atoms with Crippen LogP contribution in [0, 0.1) is 0 Å². The predicted octanol–water partition coefficient (Wildman–Crippen LogP) is 2.45. The Kier molecular flexibility index (Phi) is 1.72. The van der Waals surface area contributed by atoms with Gasteiger partial charge in [0, 0.05) is 23.4 Å². The van der Waals surface area contributed by atoms with Crippen LogP contribution in [0.5, 0.6) is 0 Å². The van der Waals surface area contributed by atoms with Crippen molar-refractivity contribution in [2.75, 3.05) is 6.54 Å². The van der Waals surface area contributed by atoms with Crippen molar-refractivity contribution >= 4 is 11.6 Å². The van der Waals surface area contributed by atoms with E-state index in [9.17, 15) is 4.79 Å². The Labute approximate surface area is 89.2 Å². The third-order valence-corrected chi connectivity index (χ3v) is 3.24. The molecule has 2 aliphatic rings. The van der Waals surface area contributed by atoms with Gasteiger partial charge in [-0.05, 0) is 31.4 Å². The van der Waals surface area contributed by atoms with Gasteiger partial charge < -0.3 is 4.90 Å². The number of aryl methyl sites for hydroxylation is 1. The van der Waals surface area contributed by atoms with Gasteiger partial charge in [0.1, 0.15) is 0 Å². The summed E-state index contributed by atoms with van der Waals surface area (Å²) in [4.78, 5) is 13.9. The molecule has 0 aromatic heterocycles. The van der Waals surface area contributed by atoms with Crippen molar-refractivity contribution in [3.8, 4) is 0 Å². The standard InChI is InChI=1S/C13H13NO/c1-2-14-11-8-4-6-9-5-3-7-10(12(9)11)13(14)15/h3,5,7-8H,2,4,6H2,1H3. The Bertz CT molecular complexity index is 473. The van der Waals surface area contributed by atoms with E-state index >= 15 is 0 Å².